The van der Waals surface area contributed by atoms with Gasteiger partial charge in [0.1, 0.15) is 19.2 Å². The van der Waals surface area contributed by atoms with Crippen molar-refractivity contribution < 1.29 is 4.84 Å². The number of hydrogen-bond acceptors (Lipinski definition) is 3. The smallest absolute Gasteiger partial charge is 0.140 e. The molecule has 0 aromatic carbocycles. The van der Waals surface area contributed by atoms with E-state index in [1.54, 1.807) is 0 Å². The van der Waals surface area contributed by atoms with Crippen LogP contribution in [0.1, 0.15) is 13.8 Å². The van der Waals surface area contributed by atoms with Crippen LogP contribution in [-0.2, 0) is 4.84 Å². The van der Waals surface area contributed by atoms with E-state index in [-0.39, 0.29) is 6.04 Å². The lowest BCUT2D eigenvalue weighted by atomic mass is 10.4. The van der Waals surface area contributed by atoms with Gasteiger partial charge in [-0.25, -0.2) is 0 Å². The zero-order valence-corrected chi connectivity index (χ0v) is 6.53. The van der Waals surface area contributed by atoms with Gasteiger partial charge in [-0.3, -0.25) is 4.99 Å². The highest BCUT2D eigenvalue weighted by molar-refractivity contribution is 6.28. The van der Waals surface area contributed by atoms with Gasteiger partial charge in [0.15, 0.2) is 0 Å². The summed E-state index contributed by atoms with van der Waals surface area (Å²) in [5, 5.41) is 3.44. The Labute approximate surface area is 60.8 Å². The number of amidine groups is 1. The minimum absolute atomic E-state index is 0.198. The summed E-state index contributed by atoms with van der Waals surface area (Å²) in [6.07, 6.45) is 1.38. The first-order valence-corrected chi connectivity index (χ1v) is 3.06. The fourth-order valence-electron chi connectivity index (χ4n) is 0.438. The van der Waals surface area contributed by atoms with Crippen LogP contribution in [0.3, 0.4) is 0 Å². The Hall–Kier alpha value is -1.06. The molecule has 0 aliphatic carbocycles. The Balaban J connectivity index is 3.82. The lowest BCUT2D eigenvalue weighted by Gasteiger charge is -1.95. The number of nitrogens with two attached hydrogens (primary N) is 1. The van der Waals surface area contributed by atoms with Crippen molar-refractivity contribution in [2.24, 2.45) is 15.9 Å². The van der Waals surface area contributed by atoms with E-state index in [1.807, 2.05) is 13.8 Å². The molecule has 58 valence electrons. The summed E-state index contributed by atoms with van der Waals surface area (Å²) in [7, 11) is 1.46. The molecule has 0 aromatic rings. The largest absolute Gasteiger partial charge is 0.399 e. The molecule has 10 heavy (non-hydrogen) atoms. The first-order valence-electron chi connectivity index (χ1n) is 3.06. The first kappa shape index (κ1) is 8.94. The fraction of sp³-hybridized carbons (Fsp3) is 0.667. The fourth-order valence-corrected chi connectivity index (χ4v) is 0.438. The van der Waals surface area contributed by atoms with Crippen molar-refractivity contribution in [2.75, 3.05) is 7.11 Å². The highest BCUT2D eigenvalue weighted by atomic mass is 16.6. The summed E-state index contributed by atoms with van der Waals surface area (Å²) in [5.74, 6) is 0.386. The third-order valence-electron chi connectivity index (χ3n) is 0.698. The van der Waals surface area contributed by atoms with Crippen molar-refractivity contribution >= 4 is 12.1 Å². The van der Waals surface area contributed by atoms with Crippen LogP contribution in [0.25, 0.3) is 0 Å². The van der Waals surface area contributed by atoms with Gasteiger partial charge in [-0.15, -0.1) is 0 Å². The number of nitrogens with zero attached hydrogens (tertiary/aromatic N) is 2. The van der Waals surface area contributed by atoms with Crippen molar-refractivity contribution in [1.82, 2.24) is 0 Å². The zero-order valence-electron chi connectivity index (χ0n) is 6.53. The molecule has 0 radical (unpaired) electrons. The quantitative estimate of drug-likeness (QED) is 0.353. The molecule has 0 aromatic heterocycles. The van der Waals surface area contributed by atoms with Gasteiger partial charge >= 0.3 is 0 Å². The Morgan fingerprint density at radius 1 is 1.60 bits per heavy atom. The number of oxime groups is 1. The maximum absolute atomic E-state index is 5.38. The molecule has 0 rings (SSSR count). The van der Waals surface area contributed by atoms with Crippen molar-refractivity contribution in [3.05, 3.63) is 0 Å². The molecule has 0 bridgehead atoms. The molecule has 0 heterocycles. The van der Waals surface area contributed by atoms with Gasteiger partial charge in [-0.05, 0) is 13.8 Å². The second kappa shape index (κ2) is 4.78. The second-order valence-electron chi connectivity index (χ2n) is 2.06. The van der Waals surface area contributed by atoms with Gasteiger partial charge in [-0.1, -0.05) is 5.16 Å². The minimum atomic E-state index is 0.198. The standard InChI is InChI=1S/C6H13N3O/c1-5(2)9-6(7)4-8-10-3/h4-5H,1-3H3,(H2,7,9)/b8-4-. The molecule has 0 aliphatic heterocycles. The van der Waals surface area contributed by atoms with Gasteiger partial charge in [0.05, 0.1) is 0 Å². The van der Waals surface area contributed by atoms with Gasteiger partial charge in [0, 0.05) is 6.04 Å². The van der Waals surface area contributed by atoms with E-state index in [0.717, 1.165) is 0 Å². The molecule has 2 N–H and O–H groups in total. The van der Waals surface area contributed by atoms with E-state index in [9.17, 15) is 0 Å². The Bertz CT molecular complexity index is 140. The molecule has 0 unspecified atom stereocenters. The van der Waals surface area contributed by atoms with Gasteiger partial charge in [-0.2, -0.15) is 0 Å². The molecule has 0 fully saturated rings. The highest BCUT2D eigenvalue weighted by Gasteiger charge is 1.88. The maximum Gasteiger partial charge on any atom is 0.140 e. The number of rotatable bonds is 3. The molecule has 0 amide bonds. The molecule has 4 nitrogen and oxygen atoms in total. The zero-order chi connectivity index (χ0) is 7.98. The number of hydrogen-bond donors (Lipinski definition) is 1. The van der Waals surface area contributed by atoms with Crippen LogP contribution < -0.4 is 5.73 Å². The molecule has 0 spiro atoms. The summed E-state index contributed by atoms with van der Waals surface area (Å²) in [6, 6.07) is 0.198. The molecule has 4 heteroatoms. The predicted molar refractivity (Wildman–Crippen MR) is 42.3 cm³/mol. The van der Waals surface area contributed by atoms with Crippen LogP contribution in [0.4, 0.5) is 0 Å². The molecule has 0 saturated heterocycles. The van der Waals surface area contributed by atoms with E-state index >= 15 is 0 Å². The Morgan fingerprint density at radius 2 is 2.20 bits per heavy atom. The predicted octanol–water partition coefficient (Wildman–Crippen LogP) is 0.384. The summed E-state index contributed by atoms with van der Waals surface area (Å²) in [6.45, 7) is 3.88. The summed E-state index contributed by atoms with van der Waals surface area (Å²) < 4.78 is 0. The van der Waals surface area contributed by atoms with Crippen LogP contribution >= 0.6 is 0 Å². The van der Waals surface area contributed by atoms with E-state index in [2.05, 4.69) is 15.0 Å². The van der Waals surface area contributed by atoms with Gasteiger partial charge in [0.2, 0.25) is 0 Å². The lowest BCUT2D eigenvalue weighted by Crippen LogP contribution is -2.15. The SMILES string of the molecule is CO/N=C\C(N)=NC(C)C. The molecular formula is C6H13N3O. The van der Waals surface area contributed by atoms with Crippen LogP contribution in [0, 0.1) is 0 Å². The summed E-state index contributed by atoms with van der Waals surface area (Å²) in [5.41, 5.74) is 5.38. The third-order valence-corrected chi connectivity index (χ3v) is 0.698. The molecule has 0 saturated carbocycles. The molecular weight excluding hydrogens is 130 g/mol. The maximum atomic E-state index is 5.38. The van der Waals surface area contributed by atoms with Crippen molar-refractivity contribution in [3.63, 3.8) is 0 Å². The van der Waals surface area contributed by atoms with Gasteiger partial charge < -0.3 is 10.6 Å². The first-order chi connectivity index (χ1) is 4.66. The summed E-state index contributed by atoms with van der Waals surface area (Å²) >= 11 is 0. The monoisotopic (exact) mass is 143 g/mol. The molecule has 0 atom stereocenters. The van der Waals surface area contributed by atoms with Crippen LogP contribution in [0.15, 0.2) is 10.1 Å². The summed E-state index contributed by atoms with van der Waals surface area (Å²) in [4.78, 5) is 8.38. The normalized spacial score (nSPS) is 13.0. The third kappa shape index (κ3) is 5.08. The van der Waals surface area contributed by atoms with Crippen molar-refractivity contribution in [2.45, 2.75) is 19.9 Å². The second-order valence-corrected chi connectivity index (χ2v) is 2.06. The van der Waals surface area contributed by atoms with Gasteiger partial charge in [0.25, 0.3) is 0 Å². The van der Waals surface area contributed by atoms with Crippen molar-refractivity contribution in [1.29, 1.82) is 0 Å². The van der Waals surface area contributed by atoms with E-state index in [0.29, 0.717) is 5.84 Å². The lowest BCUT2D eigenvalue weighted by molar-refractivity contribution is 0.216. The average molecular weight is 143 g/mol. The Morgan fingerprint density at radius 3 is 2.60 bits per heavy atom. The van der Waals surface area contributed by atoms with E-state index in [1.165, 1.54) is 13.3 Å². The minimum Gasteiger partial charge on any atom is -0.399 e. The van der Waals surface area contributed by atoms with Crippen LogP contribution in [0.5, 0.6) is 0 Å². The van der Waals surface area contributed by atoms with E-state index in [4.69, 9.17) is 5.73 Å². The van der Waals surface area contributed by atoms with Crippen molar-refractivity contribution in [3.8, 4) is 0 Å². The average Bonchev–Trinajstić information content (AvgIpc) is 1.82. The number of aliphatic imine (C=N–C) groups is 1. The van der Waals surface area contributed by atoms with Crippen LogP contribution in [0.2, 0.25) is 0 Å². The highest BCUT2D eigenvalue weighted by Crippen LogP contribution is 1.83. The topological polar surface area (TPSA) is 60.0 Å². The van der Waals surface area contributed by atoms with E-state index < -0.39 is 0 Å². The Kier molecular flexibility index (Phi) is 4.28. The van der Waals surface area contributed by atoms with Crippen LogP contribution in [-0.4, -0.2) is 25.2 Å². The molecule has 0 aliphatic rings.